The second kappa shape index (κ2) is 8.41. The Balaban J connectivity index is 1.72. The van der Waals surface area contributed by atoms with Crippen molar-refractivity contribution < 1.29 is 9.53 Å². The Labute approximate surface area is 162 Å². The number of nitrogens with one attached hydrogen (secondary N) is 1. The van der Waals surface area contributed by atoms with Crippen molar-refractivity contribution in [1.82, 2.24) is 25.1 Å². The Morgan fingerprint density at radius 1 is 1.33 bits per heavy atom. The fourth-order valence-corrected chi connectivity index (χ4v) is 3.48. The Bertz CT molecular complexity index is 904. The summed E-state index contributed by atoms with van der Waals surface area (Å²) in [5.74, 6) is 0. The molecule has 0 fully saturated rings. The van der Waals surface area contributed by atoms with E-state index in [0.29, 0.717) is 6.61 Å². The summed E-state index contributed by atoms with van der Waals surface area (Å²) >= 11 is 1.54. The average Bonchev–Trinajstić information content (AvgIpc) is 3.27. The third kappa shape index (κ3) is 4.78. The minimum atomic E-state index is -0.282. The highest BCUT2D eigenvalue weighted by Gasteiger charge is 2.16. The monoisotopic (exact) mass is 385 g/mol. The number of carbonyl (C=O) groups is 1. The molecular formula is C19H23N5O2S. The molecule has 0 aliphatic carbocycles. The number of hydrogen-bond acceptors (Lipinski definition) is 6. The lowest BCUT2D eigenvalue weighted by Gasteiger charge is -2.15. The number of amides is 1. The van der Waals surface area contributed by atoms with Gasteiger partial charge in [-0.2, -0.15) is 9.78 Å². The first-order chi connectivity index (χ1) is 12.9. The topological polar surface area (TPSA) is 81.9 Å². The van der Waals surface area contributed by atoms with Gasteiger partial charge in [0.25, 0.3) is 0 Å². The van der Waals surface area contributed by atoms with E-state index >= 15 is 0 Å². The van der Waals surface area contributed by atoms with Crippen molar-refractivity contribution in [2.24, 2.45) is 0 Å². The number of carbonyl (C=O) groups excluding carboxylic acids is 1. The maximum atomic E-state index is 12.4. The molecule has 8 heteroatoms. The molecule has 3 aromatic rings. The first-order valence-corrected chi connectivity index (χ1v) is 9.62. The van der Waals surface area contributed by atoms with Crippen LogP contribution in [0.3, 0.4) is 0 Å². The van der Waals surface area contributed by atoms with Crippen LogP contribution in [0.25, 0.3) is 21.1 Å². The number of thiazole rings is 1. The number of rotatable bonds is 6. The van der Waals surface area contributed by atoms with E-state index in [4.69, 9.17) is 4.74 Å². The van der Waals surface area contributed by atoms with Gasteiger partial charge in [0.1, 0.15) is 10.7 Å². The zero-order chi connectivity index (χ0) is 19.4. The summed E-state index contributed by atoms with van der Waals surface area (Å²) in [6, 6.07) is 5.30. The summed E-state index contributed by atoms with van der Waals surface area (Å²) in [6.07, 6.45) is 5.31. The van der Waals surface area contributed by atoms with Crippen molar-refractivity contribution >= 4 is 17.4 Å². The number of nitrogens with zero attached hydrogens (tertiary/aromatic N) is 4. The first kappa shape index (κ1) is 19.2. The Hall–Kier alpha value is -2.58. The Morgan fingerprint density at radius 2 is 2.15 bits per heavy atom. The van der Waals surface area contributed by atoms with Gasteiger partial charge in [-0.05, 0) is 45.9 Å². The molecule has 3 aromatic heterocycles. The van der Waals surface area contributed by atoms with Crippen LogP contribution in [0.4, 0.5) is 4.79 Å². The van der Waals surface area contributed by atoms with Crippen molar-refractivity contribution in [2.75, 3.05) is 6.61 Å². The van der Waals surface area contributed by atoms with Crippen molar-refractivity contribution in [1.29, 1.82) is 0 Å². The SMILES string of the molecule is Cc1nc(-c2cccnc2)sc1-c1ccn(C(=O)NC(C)COC(C)C)n1. The summed E-state index contributed by atoms with van der Waals surface area (Å²) in [6.45, 7) is 8.23. The number of hydrogen-bond donors (Lipinski definition) is 1. The molecule has 0 saturated heterocycles. The number of ether oxygens (including phenoxy) is 1. The van der Waals surface area contributed by atoms with E-state index in [0.717, 1.165) is 26.8 Å². The normalized spacial score (nSPS) is 12.3. The second-order valence-corrected chi connectivity index (χ2v) is 7.55. The van der Waals surface area contributed by atoms with Crippen molar-refractivity contribution in [3.63, 3.8) is 0 Å². The molecule has 0 spiro atoms. The Kier molecular flexibility index (Phi) is 5.98. The molecule has 142 valence electrons. The predicted molar refractivity (Wildman–Crippen MR) is 106 cm³/mol. The largest absolute Gasteiger partial charge is 0.377 e. The van der Waals surface area contributed by atoms with Crippen LogP contribution < -0.4 is 5.32 Å². The van der Waals surface area contributed by atoms with Gasteiger partial charge in [0.15, 0.2) is 0 Å². The number of pyridine rings is 1. The molecule has 0 aliphatic heterocycles. The summed E-state index contributed by atoms with van der Waals surface area (Å²) in [7, 11) is 0. The van der Waals surface area contributed by atoms with Crippen LogP contribution in [0.2, 0.25) is 0 Å². The van der Waals surface area contributed by atoms with E-state index in [1.54, 1.807) is 18.6 Å². The van der Waals surface area contributed by atoms with Crippen LogP contribution in [0.15, 0.2) is 36.8 Å². The van der Waals surface area contributed by atoms with E-state index in [1.807, 2.05) is 45.9 Å². The standard InChI is InChI=1S/C19H23N5O2S/c1-12(2)26-11-13(3)21-19(25)24-9-7-16(23-24)17-14(4)22-18(27-17)15-6-5-8-20-10-15/h5-10,12-13H,11H2,1-4H3,(H,21,25). The molecular weight excluding hydrogens is 362 g/mol. The fourth-order valence-electron chi connectivity index (χ4n) is 2.46. The smallest absolute Gasteiger partial charge is 0.342 e. The summed E-state index contributed by atoms with van der Waals surface area (Å²) < 4.78 is 6.83. The summed E-state index contributed by atoms with van der Waals surface area (Å²) in [5, 5.41) is 8.18. The van der Waals surface area contributed by atoms with Crippen molar-refractivity contribution in [2.45, 2.75) is 39.8 Å². The number of aromatic nitrogens is 4. The van der Waals surface area contributed by atoms with Crippen LogP contribution in [-0.4, -0.2) is 44.5 Å². The van der Waals surface area contributed by atoms with E-state index < -0.39 is 0 Å². The zero-order valence-corrected chi connectivity index (χ0v) is 16.7. The minimum absolute atomic E-state index is 0.102. The van der Waals surface area contributed by atoms with Crippen LogP contribution in [-0.2, 0) is 4.74 Å². The van der Waals surface area contributed by atoms with Crippen LogP contribution >= 0.6 is 11.3 Å². The second-order valence-electron chi connectivity index (χ2n) is 6.55. The minimum Gasteiger partial charge on any atom is -0.377 e. The lowest BCUT2D eigenvalue weighted by Crippen LogP contribution is -2.39. The van der Waals surface area contributed by atoms with E-state index in [2.05, 4.69) is 20.4 Å². The molecule has 3 rings (SSSR count). The molecule has 1 amide bonds. The zero-order valence-electron chi connectivity index (χ0n) is 15.8. The van der Waals surface area contributed by atoms with Gasteiger partial charge in [0.2, 0.25) is 0 Å². The predicted octanol–water partition coefficient (Wildman–Crippen LogP) is 3.75. The van der Waals surface area contributed by atoms with Crippen molar-refractivity contribution in [3.8, 4) is 21.1 Å². The molecule has 0 bridgehead atoms. The lowest BCUT2D eigenvalue weighted by molar-refractivity contribution is 0.0661. The van der Waals surface area contributed by atoms with E-state index in [9.17, 15) is 4.79 Å². The molecule has 0 aromatic carbocycles. The van der Waals surface area contributed by atoms with Crippen LogP contribution in [0.1, 0.15) is 26.5 Å². The van der Waals surface area contributed by atoms with Gasteiger partial charge in [-0.15, -0.1) is 11.3 Å². The van der Waals surface area contributed by atoms with E-state index in [1.165, 1.54) is 16.0 Å². The lowest BCUT2D eigenvalue weighted by atomic mass is 10.3. The molecule has 1 unspecified atom stereocenters. The summed E-state index contributed by atoms with van der Waals surface area (Å²) in [5.41, 5.74) is 2.57. The van der Waals surface area contributed by atoms with Gasteiger partial charge in [0, 0.05) is 24.2 Å². The molecule has 0 aliphatic rings. The van der Waals surface area contributed by atoms with E-state index in [-0.39, 0.29) is 18.2 Å². The molecule has 7 nitrogen and oxygen atoms in total. The highest BCUT2D eigenvalue weighted by molar-refractivity contribution is 7.18. The molecule has 1 N–H and O–H groups in total. The highest BCUT2D eigenvalue weighted by Crippen LogP contribution is 2.33. The van der Waals surface area contributed by atoms with Gasteiger partial charge in [0.05, 0.1) is 29.3 Å². The van der Waals surface area contributed by atoms with Crippen LogP contribution in [0, 0.1) is 6.92 Å². The van der Waals surface area contributed by atoms with Gasteiger partial charge in [-0.25, -0.2) is 9.78 Å². The van der Waals surface area contributed by atoms with Gasteiger partial charge in [-0.1, -0.05) is 0 Å². The third-order valence-corrected chi connectivity index (χ3v) is 5.01. The molecule has 1 atom stereocenters. The fraction of sp³-hybridized carbons (Fsp3) is 0.368. The maximum absolute atomic E-state index is 12.4. The van der Waals surface area contributed by atoms with Gasteiger partial charge < -0.3 is 10.1 Å². The average molecular weight is 385 g/mol. The molecule has 0 radical (unpaired) electrons. The highest BCUT2D eigenvalue weighted by atomic mass is 32.1. The molecule has 27 heavy (non-hydrogen) atoms. The number of aryl methyl sites for hydroxylation is 1. The quantitative estimate of drug-likeness (QED) is 0.699. The Morgan fingerprint density at radius 3 is 2.85 bits per heavy atom. The first-order valence-electron chi connectivity index (χ1n) is 8.80. The maximum Gasteiger partial charge on any atom is 0.342 e. The summed E-state index contributed by atoms with van der Waals surface area (Å²) in [4.78, 5) is 22.1. The van der Waals surface area contributed by atoms with Crippen molar-refractivity contribution in [3.05, 3.63) is 42.5 Å². The van der Waals surface area contributed by atoms with Gasteiger partial charge in [-0.3, -0.25) is 4.98 Å². The molecule has 0 saturated carbocycles. The van der Waals surface area contributed by atoms with Crippen LogP contribution in [0.5, 0.6) is 0 Å². The van der Waals surface area contributed by atoms with Gasteiger partial charge >= 0.3 is 6.03 Å². The molecule has 3 heterocycles. The third-order valence-electron chi connectivity index (χ3n) is 3.78.